The van der Waals surface area contributed by atoms with Gasteiger partial charge >= 0.3 is 17.9 Å². The van der Waals surface area contributed by atoms with Crippen LogP contribution in [0.15, 0.2) is 60.7 Å². The molecule has 0 radical (unpaired) electrons. The van der Waals surface area contributed by atoms with Gasteiger partial charge in [-0.1, -0.05) is 18.2 Å². The van der Waals surface area contributed by atoms with Crippen molar-refractivity contribution in [3.63, 3.8) is 0 Å². The third-order valence-electron chi connectivity index (χ3n) is 9.85. The standard InChI is InChI=1S/C40H46O21/c41-16-30-36(60-31(49)8-3-18-1-5-22(42)25(45)11-18)37(61-39-34(52)33(51)28(48)17-57-39)35(53)40(59-30)56-10-9-21(20-4-7-24(44)27(47)14-20)15-32(50)58-29(38(54)55)13-19-2-6-23(43)26(46)12-19/h1-8,11-12,14,21,28-30,33-37,39-48,51-53H,9-10,13,15-17H2,(H,54,55)/b8-3+/t21-,28-,29-,30-,33+,34-,35-,36-,37-,39+,40-/m1/s1. The Bertz CT molecular complexity index is 2020. The molecule has 12 N–H and O–H groups in total. The predicted molar refractivity (Wildman–Crippen MR) is 202 cm³/mol. The van der Waals surface area contributed by atoms with Gasteiger partial charge in [0.05, 0.1) is 26.2 Å². The van der Waals surface area contributed by atoms with E-state index in [2.05, 4.69) is 0 Å². The molecule has 5 rings (SSSR count). The van der Waals surface area contributed by atoms with Crippen LogP contribution < -0.4 is 0 Å². The number of aliphatic hydroxyl groups excluding tert-OH is 5. The number of carboxylic acid groups (broad SMARTS) is 1. The number of aliphatic carboxylic acids is 1. The fourth-order valence-electron chi connectivity index (χ4n) is 6.52. The number of carbonyl (C=O) groups is 3. The van der Waals surface area contributed by atoms with Crippen LogP contribution in [0.2, 0.25) is 0 Å². The van der Waals surface area contributed by atoms with Crippen LogP contribution in [-0.2, 0) is 49.2 Å². The van der Waals surface area contributed by atoms with E-state index in [0.29, 0.717) is 0 Å². The molecule has 0 spiro atoms. The Kier molecular flexibility index (Phi) is 15.7. The van der Waals surface area contributed by atoms with E-state index in [4.69, 9.17) is 28.4 Å². The lowest BCUT2D eigenvalue weighted by atomic mass is 9.92. The van der Waals surface area contributed by atoms with E-state index >= 15 is 0 Å². The fourth-order valence-corrected chi connectivity index (χ4v) is 6.52. The second-order valence-electron chi connectivity index (χ2n) is 14.2. The van der Waals surface area contributed by atoms with Gasteiger partial charge in [-0.15, -0.1) is 0 Å². The zero-order valence-electron chi connectivity index (χ0n) is 32.0. The number of carbonyl (C=O) groups excluding carboxylic acids is 2. The fraction of sp³-hybridized carbons (Fsp3) is 0.425. The first-order valence-corrected chi connectivity index (χ1v) is 18.7. The van der Waals surface area contributed by atoms with Gasteiger partial charge in [-0.2, -0.15) is 0 Å². The van der Waals surface area contributed by atoms with Gasteiger partial charge in [0.2, 0.25) is 6.10 Å². The minimum absolute atomic E-state index is 0.130. The van der Waals surface area contributed by atoms with Crippen LogP contribution in [0.1, 0.15) is 35.4 Å². The Labute approximate surface area is 346 Å². The molecule has 0 amide bonds. The molecular formula is C40H46O21. The van der Waals surface area contributed by atoms with Gasteiger partial charge in [-0.25, -0.2) is 9.59 Å². The average Bonchev–Trinajstić information content (AvgIpc) is 3.22. The van der Waals surface area contributed by atoms with E-state index < -0.39 is 139 Å². The largest absolute Gasteiger partial charge is 0.504 e. The lowest BCUT2D eigenvalue weighted by Crippen LogP contribution is -2.64. The Morgan fingerprint density at radius 3 is 2.07 bits per heavy atom. The molecule has 332 valence electrons. The van der Waals surface area contributed by atoms with E-state index in [9.17, 15) is 75.7 Å². The van der Waals surface area contributed by atoms with E-state index in [0.717, 1.165) is 36.4 Å². The van der Waals surface area contributed by atoms with Crippen LogP contribution in [-0.4, -0.2) is 160 Å². The maximum atomic E-state index is 13.2. The van der Waals surface area contributed by atoms with Gasteiger partial charge in [0, 0.05) is 12.5 Å². The molecule has 3 aromatic rings. The second-order valence-corrected chi connectivity index (χ2v) is 14.2. The normalized spacial score (nSPS) is 26.3. The predicted octanol–water partition coefficient (Wildman–Crippen LogP) is -0.433. The zero-order chi connectivity index (χ0) is 44.5. The SMILES string of the molecule is O=C(/C=C/c1ccc(O)c(O)c1)O[C@H]1[C@H](O[C@@H]2OC[C@@H](O)[C@H](O)[C@H]2O)[C@@H](O)[C@H](OCC[C@H](CC(=O)O[C@H](Cc2ccc(O)c(O)c2)C(=O)O)c2ccc(O)c(O)c2)O[C@@H]1CO. The van der Waals surface area contributed by atoms with Crippen molar-refractivity contribution in [1.29, 1.82) is 0 Å². The first-order valence-electron chi connectivity index (χ1n) is 18.7. The molecule has 2 aliphatic rings. The number of hydrogen-bond donors (Lipinski definition) is 12. The lowest BCUT2D eigenvalue weighted by Gasteiger charge is -2.45. The quantitative estimate of drug-likeness (QED) is 0.0465. The molecule has 3 aromatic carbocycles. The molecule has 2 heterocycles. The summed E-state index contributed by atoms with van der Waals surface area (Å²) < 4.78 is 33.5. The molecule has 0 saturated carbocycles. The van der Waals surface area contributed by atoms with Crippen LogP contribution in [0.3, 0.4) is 0 Å². The van der Waals surface area contributed by atoms with Crippen molar-refractivity contribution in [3.8, 4) is 34.5 Å². The highest BCUT2D eigenvalue weighted by Crippen LogP contribution is 2.35. The summed E-state index contributed by atoms with van der Waals surface area (Å²) >= 11 is 0. The van der Waals surface area contributed by atoms with Gasteiger partial charge in [-0.3, -0.25) is 4.79 Å². The van der Waals surface area contributed by atoms with E-state index in [-0.39, 0.29) is 36.1 Å². The number of benzene rings is 3. The van der Waals surface area contributed by atoms with Gasteiger partial charge in [0.15, 0.2) is 53.2 Å². The highest BCUT2D eigenvalue weighted by atomic mass is 16.7. The highest BCUT2D eigenvalue weighted by Gasteiger charge is 2.51. The minimum Gasteiger partial charge on any atom is -0.504 e. The number of hydrogen-bond acceptors (Lipinski definition) is 20. The molecule has 0 unspecified atom stereocenters. The number of phenolic OH excluding ortho intramolecular Hbond substituents is 6. The molecule has 2 aliphatic heterocycles. The summed E-state index contributed by atoms with van der Waals surface area (Å²) in [6.45, 7) is -1.75. The Balaban J connectivity index is 1.32. The summed E-state index contributed by atoms with van der Waals surface area (Å²) in [5.74, 6) is -7.40. The Morgan fingerprint density at radius 1 is 0.770 bits per heavy atom. The van der Waals surface area contributed by atoms with Gasteiger partial charge in [0.25, 0.3) is 0 Å². The second kappa shape index (κ2) is 20.7. The Hall–Kier alpha value is -5.75. The maximum Gasteiger partial charge on any atom is 0.345 e. The first-order chi connectivity index (χ1) is 28.9. The summed E-state index contributed by atoms with van der Waals surface area (Å²) in [6.07, 6.45) is -15.9. The number of carboxylic acids is 1. The summed E-state index contributed by atoms with van der Waals surface area (Å²) in [5.41, 5.74) is 0.752. The third kappa shape index (κ3) is 12.0. The number of ether oxygens (including phenoxy) is 6. The van der Waals surface area contributed by atoms with E-state index in [1.165, 1.54) is 30.3 Å². The number of aromatic hydroxyl groups is 6. The lowest BCUT2D eigenvalue weighted by molar-refractivity contribution is -0.349. The van der Waals surface area contributed by atoms with E-state index in [1.807, 2.05) is 0 Å². The van der Waals surface area contributed by atoms with Crippen molar-refractivity contribution < 1.29 is 104 Å². The average molecular weight is 863 g/mol. The molecule has 0 aromatic heterocycles. The molecule has 2 saturated heterocycles. The molecule has 21 nitrogen and oxygen atoms in total. The molecular weight excluding hydrogens is 816 g/mol. The van der Waals surface area contributed by atoms with E-state index in [1.54, 1.807) is 0 Å². The summed E-state index contributed by atoms with van der Waals surface area (Å²) in [4.78, 5) is 38.3. The minimum atomic E-state index is -1.91. The van der Waals surface area contributed by atoms with Gasteiger partial charge in [-0.05, 0) is 71.5 Å². The topological polar surface area (TPSA) is 349 Å². The molecule has 2 fully saturated rings. The first kappa shape index (κ1) is 46.3. The smallest absolute Gasteiger partial charge is 0.345 e. The van der Waals surface area contributed by atoms with Gasteiger partial charge in [0.1, 0.15) is 36.6 Å². The number of phenols is 6. The summed E-state index contributed by atoms with van der Waals surface area (Å²) in [5, 5.41) is 121. The van der Waals surface area contributed by atoms with Crippen LogP contribution in [0.25, 0.3) is 6.08 Å². The van der Waals surface area contributed by atoms with Crippen molar-refractivity contribution in [2.24, 2.45) is 0 Å². The monoisotopic (exact) mass is 862 g/mol. The van der Waals surface area contributed by atoms with Crippen LogP contribution in [0.5, 0.6) is 34.5 Å². The zero-order valence-corrected chi connectivity index (χ0v) is 32.0. The number of rotatable bonds is 17. The van der Waals surface area contributed by atoms with Crippen molar-refractivity contribution in [2.75, 3.05) is 19.8 Å². The van der Waals surface area contributed by atoms with Crippen LogP contribution >= 0.6 is 0 Å². The molecule has 61 heavy (non-hydrogen) atoms. The summed E-state index contributed by atoms with van der Waals surface area (Å²) in [6, 6.07) is 10.9. The van der Waals surface area contributed by atoms with Gasteiger partial charge < -0.3 is 89.7 Å². The maximum absolute atomic E-state index is 13.2. The number of esters is 2. The van der Waals surface area contributed by atoms with Crippen molar-refractivity contribution in [1.82, 2.24) is 0 Å². The highest BCUT2D eigenvalue weighted by molar-refractivity contribution is 5.87. The van der Waals surface area contributed by atoms with Crippen LogP contribution in [0.4, 0.5) is 0 Å². The Morgan fingerprint density at radius 2 is 1.43 bits per heavy atom. The van der Waals surface area contributed by atoms with Crippen LogP contribution in [0, 0.1) is 0 Å². The number of aliphatic hydroxyl groups is 5. The third-order valence-corrected chi connectivity index (χ3v) is 9.85. The van der Waals surface area contributed by atoms with Crippen molar-refractivity contribution >= 4 is 24.0 Å². The van der Waals surface area contributed by atoms with Crippen molar-refractivity contribution in [3.05, 3.63) is 77.4 Å². The van der Waals surface area contributed by atoms with Crippen molar-refractivity contribution in [2.45, 2.75) is 86.6 Å². The molecule has 0 bridgehead atoms. The molecule has 11 atom stereocenters. The molecule has 21 heteroatoms. The molecule has 0 aliphatic carbocycles. The summed E-state index contributed by atoms with van der Waals surface area (Å²) in [7, 11) is 0.